The zero-order valence-electron chi connectivity index (χ0n) is 10.8. The quantitative estimate of drug-likeness (QED) is 0.704. The second kappa shape index (κ2) is 5.59. The molecule has 0 N–H and O–H groups in total. The zero-order valence-corrected chi connectivity index (χ0v) is 10.8. The van der Waals surface area contributed by atoms with Crippen molar-refractivity contribution in [1.29, 1.82) is 0 Å². The maximum absolute atomic E-state index is 4.45. The van der Waals surface area contributed by atoms with Crippen LogP contribution in [0.2, 0.25) is 0 Å². The van der Waals surface area contributed by atoms with Crippen LogP contribution in [-0.4, -0.2) is 10.7 Å². The summed E-state index contributed by atoms with van der Waals surface area (Å²) < 4.78 is 0. The molecule has 0 unspecified atom stereocenters. The van der Waals surface area contributed by atoms with Crippen molar-refractivity contribution in [1.82, 2.24) is 4.98 Å². The van der Waals surface area contributed by atoms with Crippen LogP contribution in [0.25, 0.3) is 5.57 Å². The van der Waals surface area contributed by atoms with Crippen LogP contribution in [0.5, 0.6) is 0 Å². The summed E-state index contributed by atoms with van der Waals surface area (Å²) >= 11 is 0. The molecule has 86 valence electrons. The summed E-state index contributed by atoms with van der Waals surface area (Å²) in [5.74, 6) is 0.500. The zero-order chi connectivity index (χ0) is 12.1. The number of aliphatic imine (C=N–C) groups is 1. The van der Waals surface area contributed by atoms with Crippen molar-refractivity contribution in [3.63, 3.8) is 0 Å². The van der Waals surface area contributed by atoms with Gasteiger partial charge in [0.25, 0.3) is 0 Å². The third-order valence-corrected chi connectivity index (χ3v) is 2.66. The molecule has 1 aromatic rings. The second-order valence-electron chi connectivity index (χ2n) is 4.43. The smallest absolute Gasteiger partial charge is 0.0373 e. The maximum Gasteiger partial charge on any atom is 0.0373 e. The van der Waals surface area contributed by atoms with Crippen molar-refractivity contribution in [3.8, 4) is 0 Å². The van der Waals surface area contributed by atoms with Gasteiger partial charge in [0, 0.05) is 23.8 Å². The van der Waals surface area contributed by atoms with E-state index in [0.717, 1.165) is 22.5 Å². The van der Waals surface area contributed by atoms with Gasteiger partial charge in [-0.1, -0.05) is 19.9 Å². The van der Waals surface area contributed by atoms with Gasteiger partial charge in [0.1, 0.15) is 0 Å². The van der Waals surface area contributed by atoms with Gasteiger partial charge in [0.15, 0.2) is 0 Å². The second-order valence-corrected chi connectivity index (χ2v) is 4.43. The minimum Gasteiger partial charge on any atom is -0.265 e. The number of pyridine rings is 1. The average molecular weight is 216 g/mol. The van der Waals surface area contributed by atoms with Crippen molar-refractivity contribution in [2.24, 2.45) is 10.9 Å². The molecule has 0 radical (unpaired) electrons. The van der Waals surface area contributed by atoms with Crippen molar-refractivity contribution < 1.29 is 0 Å². The Bertz CT molecular complexity index is 397. The molecule has 0 aliphatic heterocycles. The predicted molar refractivity (Wildman–Crippen MR) is 70.6 cm³/mol. The highest BCUT2D eigenvalue weighted by molar-refractivity contribution is 5.85. The molecule has 16 heavy (non-hydrogen) atoms. The number of hydrogen-bond donors (Lipinski definition) is 0. The minimum absolute atomic E-state index is 0.500. The normalized spacial score (nSPS) is 13.4. The average Bonchev–Trinajstić information content (AvgIpc) is 2.26. The molecule has 0 saturated carbocycles. The monoisotopic (exact) mass is 216 g/mol. The molecule has 2 nitrogen and oxygen atoms in total. The van der Waals surface area contributed by atoms with Gasteiger partial charge in [0.2, 0.25) is 0 Å². The number of aromatic nitrogens is 1. The molecule has 0 spiro atoms. The van der Waals surface area contributed by atoms with Crippen LogP contribution < -0.4 is 0 Å². The van der Waals surface area contributed by atoms with Gasteiger partial charge >= 0.3 is 0 Å². The van der Waals surface area contributed by atoms with Crippen LogP contribution in [0.3, 0.4) is 0 Å². The summed E-state index contributed by atoms with van der Waals surface area (Å²) in [4.78, 5) is 8.72. The first-order chi connectivity index (χ1) is 7.50. The maximum atomic E-state index is 4.45. The highest BCUT2D eigenvalue weighted by Gasteiger charge is 1.97. The van der Waals surface area contributed by atoms with Gasteiger partial charge in [0.05, 0.1) is 0 Å². The van der Waals surface area contributed by atoms with Crippen LogP contribution >= 0.6 is 0 Å². The lowest BCUT2D eigenvalue weighted by atomic mass is 10.1. The molecular weight excluding hydrogens is 196 g/mol. The lowest BCUT2D eigenvalue weighted by molar-refractivity contribution is 0.878. The molecule has 0 aliphatic carbocycles. The van der Waals surface area contributed by atoms with Gasteiger partial charge in [-0.2, -0.15) is 0 Å². The Hall–Kier alpha value is -1.44. The van der Waals surface area contributed by atoms with Gasteiger partial charge < -0.3 is 0 Å². The summed E-state index contributed by atoms with van der Waals surface area (Å²) in [5, 5.41) is 0. The first kappa shape index (κ1) is 12.6. The molecule has 0 aromatic carbocycles. The fourth-order valence-electron chi connectivity index (χ4n) is 1.12. The molecule has 0 bridgehead atoms. The first-order valence-electron chi connectivity index (χ1n) is 5.65. The van der Waals surface area contributed by atoms with E-state index in [1.807, 2.05) is 25.4 Å². The first-order valence-corrected chi connectivity index (χ1v) is 5.65. The molecule has 0 fully saturated rings. The lowest BCUT2D eigenvalue weighted by Crippen LogP contribution is -2.00. The lowest BCUT2D eigenvalue weighted by Gasteiger charge is -2.03. The highest BCUT2D eigenvalue weighted by atomic mass is 14.7. The molecular formula is C14H20N2. The van der Waals surface area contributed by atoms with E-state index in [0.29, 0.717) is 5.92 Å². The van der Waals surface area contributed by atoms with Gasteiger partial charge in [-0.05, 0) is 43.9 Å². The van der Waals surface area contributed by atoms with E-state index in [9.17, 15) is 0 Å². The van der Waals surface area contributed by atoms with Crippen LogP contribution in [-0.2, 0) is 0 Å². The highest BCUT2D eigenvalue weighted by Crippen LogP contribution is 2.13. The summed E-state index contributed by atoms with van der Waals surface area (Å²) in [5.41, 5.74) is 4.47. The van der Waals surface area contributed by atoms with Crippen LogP contribution in [0, 0.1) is 12.8 Å². The Balaban J connectivity index is 2.86. The number of hydrogen-bond acceptors (Lipinski definition) is 2. The summed E-state index contributed by atoms with van der Waals surface area (Å²) in [6.45, 7) is 10.4. The predicted octanol–water partition coefficient (Wildman–Crippen LogP) is 3.87. The van der Waals surface area contributed by atoms with Gasteiger partial charge in [-0.25, -0.2) is 0 Å². The summed E-state index contributed by atoms with van der Waals surface area (Å²) in [6, 6.07) is 4.10. The van der Waals surface area contributed by atoms with E-state index in [-0.39, 0.29) is 0 Å². The van der Waals surface area contributed by atoms with E-state index in [1.165, 1.54) is 0 Å². The molecule has 1 rings (SSSR count). The fourth-order valence-corrected chi connectivity index (χ4v) is 1.12. The SMILES string of the molecule is CC(=N/C=C(\C)c1ccc(C)nc1)C(C)C. The van der Waals surface area contributed by atoms with E-state index in [1.54, 1.807) is 0 Å². The molecule has 0 atom stereocenters. The molecule has 1 heterocycles. The van der Waals surface area contributed by atoms with Crippen LogP contribution in [0.15, 0.2) is 29.5 Å². The van der Waals surface area contributed by atoms with Gasteiger partial charge in [-0.3, -0.25) is 9.98 Å². The Morgan fingerprint density at radius 2 is 2.00 bits per heavy atom. The molecule has 0 saturated heterocycles. The Labute approximate surface area is 98.1 Å². The number of allylic oxidation sites excluding steroid dienone is 1. The summed E-state index contributed by atoms with van der Waals surface area (Å²) in [6.07, 6.45) is 3.81. The topological polar surface area (TPSA) is 25.2 Å². The van der Waals surface area contributed by atoms with E-state index < -0.39 is 0 Å². The minimum atomic E-state index is 0.500. The standard InChI is InChI=1S/C14H20N2/c1-10(2)13(5)16-8-11(3)14-7-6-12(4)15-9-14/h6-10H,1-5H3/b11-8+,16-13?. The molecule has 2 heteroatoms. The van der Waals surface area contributed by atoms with E-state index >= 15 is 0 Å². The van der Waals surface area contributed by atoms with Crippen molar-refractivity contribution in [2.75, 3.05) is 0 Å². The van der Waals surface area contributed by atoms with Gasteiger partial charge in [-0.15, -0.1) is 0 Å². The molecule has 0 aliphatic rings. The Kier molecular flexibility index (Phi) is 4.41. The number of rotatable bonds is 3. The van der Waals surface area contributed by atoms with Crippen molar-refractivity contribution >= 4 is 11.3 Å². The van der Waals surface area contributed by atoms with Crippen molar-refractivity contribution in [2.45, 2.75) is 34.6 Å². The number of nitrogens with zero attached hydrogens (tertiary/aromatic N) is 2. The summed E-state index contributed by atoms with van der Waals surface area (Å²) in [7, 11) is 0. The molecule has 1 aromatic heterocycles. The third kappa shape index (κ3) is 3.61. The molecule has 0 amide bonds. The Morgan fingerprint density at radius 1 is 1.31 bits per heavy atom. The van der Waals surface area contributed by atoms with Crippen molar-refractivity contribution in [3.05, 3.63) is 35.8 Å². The fraction of sp³-hybridized carbons (Fsp3) is 0.429. The largest absolute Gasteiger partial charge is 0.265 e. The third-order valence-electron chi connectivity index (χ3n) is 2.66. The van der Waals surface area contributed by atoms with E-state index in [2.05, 4.69) is 43.7 Å². The van der Waals surface area contributed by atoms with Crippen LogP contribution in [0.1, 0.15) is 39.0 Å². The van der Waals surface area contributed by atoms with E-state index in [4.69, 9.17) is 0 Å². The van der Waals surface area contributed by atoms with Crippen LogP contribution in [0.4, 0.5) is 0 Å². The number of aryl methyl sites for hydroxylation is 1. The Morgan fingerprint density at radius 3 is 2.50 bits per heavy atom.